The van der Waals surface area contributed by atoms with E-state index in [9.17, 15) is 0 Å². The zero-order chi connectivity index (χ0) is 11.5. The van der Waals surface area contributed by atoms with Gasteiger partial charge in [-0.05, 0) is 11.6 Å². The van der Waals surface area contributed by atoms with Crippen molar-refractivity contribution in [3.05, 3.63) is 29.8 Å². The average molecular weight is 208 g/mol. The van der Waals surface area contributed by atoms with E-state index in [1.165, 1.54) is 11.3 Å². The Morgan fingerprint density at radius 2 is 1.60 bits per heavy atom. The number of hydrogen-bond donors (Lipinski definition) is 2. The van der Waals surface area contributed by atoms with Crippen LogP contribution in [-0.4, -0.2) is 13.1 Å². The van der Waals surface area contributed by atoms with Gasteiger partial charge in [-0.2, -0.15) is 0 Å². The van der Waals surface area contributed by atoms with Crippen LogP contribution in [0, 0.1) is 0 Å². The molecular weight excluding hydrogens is 184 g/mol. The summed E-state index contributed by atoms with van der Waals surface area (Å²) in [4.78, 5) is 0. The second kappa shape index (κ2) is 9.53. The van der Waals surface area contributed by atoms with Crippen LogP contribution in [0.1, 0.15) is 33.3 Å². The van der Waals surface area contributed by atoms with Crippen molar-refractivity contribution in [3.8, 4) is 0 Å². The molecule has 0 atom stereocenters. The summed E-state index contributed by atoms with van der Waals surface area (Å²) >= 11 is 0. The Morgan fingerprint density at radius 3 is 2.33 bits per heavy atom. The second-order valence-electron chi connectivity index (χ2n) is 2.76. The van der Waals surface area contributed by atoms with Crippen molar-refractivity contribution in [2.24, 2.45) is 0 Å². The summed E-state index contributed by atoms with van der Waals surface area (Å²) in [7, 11) is 0. The Balaban J connectivity index is 0.000000442. The molecule has 86 valence electrons. The molecule has 0 unspecified atom stereocenters. The number of benzene rings is 1. The minimum atomic E-state index is 0.989. The van der Waals surface area contributed by atoms with E-state index in [1.807, 2.05) is 27.7 Å². The molecule has 15 heavy (non-hydrogen) atoms. The molecule has 1 heterocycles. The van der Waals surface area contributed by atoms with Crippen molar-refractivity contribution in [2.75, 3.05) is 18.4 Å². The van der Waals surface area contributed by atoms with E-state index in [1.54, 1.807) is 0 Å². The van der Waals surface area contributed by atoms with Crippen LogP contribution >= 0.6 is 0 Å². The fourth-order valence-electron chi connectivity index (χ4n) is 1.36. The van der Waals surface area contributed by atoms with Crippen LogP contribution < -0.4 is 10.6 Å². The highest BCUT2D eigenvalue weighted by Gasteiger charge is 2.03. The SMILES string of the molecule is CC.CC.c1ccc2c(c1)CNCCN2. The summed E-state index contributed by atoms with van der Waals surface area (Å²) in [5.74, 6) is 0. The van der Waals surface area contributed by atoms with E-state index in [-0.39, 0.29) is 0 Å². The van der Waals surface area contributed by atoms with E-state index in [2.05, 4.69) is 34.9 Å². The minimum Gasteiger partial charge on any atom is -0.384 e. The maximum atomic E-state index is 3.36. The maximum absolute atomic E-state index is 3.36. The van der Waals surface area contributed by atoms with E-state index < -0.39 is 0 Å². The monoisotopic (exact) mass is 208 g/mol. The summed E-state index contributed by atoms with van der Waals surface area (Å²) < 4.78 is 0. The smallest absolute Gasteiger partial charge is 0.0386 e. The van der Waals surface area contributed by atoms with Gasteiger partial charge in [0, 0.05) is 25.3 Å². The molecular formula is C13H24N2. The van der Waals surface area contributed by atoms with E-state index in [0.29, 0.717) is 0 Å². The predicted octanol–water partition coefficient (Wildman–Crippen LogP) is 3.25. The van der Waals surface area contributed by atoms with Crippen molar-refractivity contribution >= 4 is 5.69 Å². The predicted molar refractivity (Wildman–Crippen MR) is 69.3 cm³/mol. The number of anilines is 1. The lowest BCUT2D eigenvalue weighted by Gasteiger charge is -2.04. The molecule has 0 fully saturated rings. The van der Waals surface area contributed by atoms with Crippen molar-refractivity contribution in [1.29, 1.82) is 0 Å². The van der Waals surface area contributed by atoms with Gasteiger partial charge in [-0.3, -0.25) is 0 Å². The first-order valence-electron chi connectivity index (χ1n) is 5.99. The Labute approximate surface area is 94.1 Å². The number of rotatable bonds is 0. The first-order valence-corrected chi connectivity index (χ1v) is 5.99. The maximum Gasteiger partial charge on any atom is 0.0386 e. The Kier molecular flexibility index (Phi) is 8.88. The zero-order valence-corrected chi connectivity index (χ0v) is 10.4. The summed E-state index contributed by atoms with van der Waals surface area (Å²) in [5, 5.41) is 6.70. The molecule has 2 N–H and O–H groups in total. The van der Waals surface area contributed by atoms with Crippen molar-refractivity contribution in [1.82, 2.24) is 5.32 Å². The Morgan fingerprint density at radius 1 is 0.933 bits per heavy atom. The normalized spacial score (nSPS) is 12.8. The van der Waals surface area contributed by atoms with Gasteiger partial charge < -0.3 is 10.6 Å². The van der Waals surface area contributed by atoms with Gasteiger partial charge in [0.2, 0.25) is 0 Å². The largest absolute Gasteiger partial charge is 0.384 e. The molecule has 2 nitrogen and oxygen atoms in total. The fourth-order valence-corrected chi connectivity index (χ4v) is 1.36. The molecule has 2 rings (SSSR count). The number of nitrogens with one attached hydrogen (secondary N) is 2. The molecule has 0 aromatic heterocycles. The third kappa shape index (κ3) is 4.84. The van der Waals surface area contributed by atoms with Crippen LogP contribution in [0.4, 0.5) is 5.69 Å². The quantitative estimate of drug-likeness (QED) is 0.684. The molecule has 0 saturated carbocycles. The van der Waals surface area contributed by atoms with Crippen molar-refractivity contribution in [2.45, 2.75) is 34.2 Å². The number of fused-ring (bicyclic) bond motifs is 1. The third-order valence-electron chi connectivity index (χ3n) is 1.95. The molecule has 0 amide bonds. The third-order valence-corrected chi connectivity index (χ3v) is 1.95. The molecule has 1 aliphatic rings. The lowest BCUT2D eigenvalue weighted by Crippen LogP contribution is -2.16. The summed E-state index contributed by atoms with van der Waals surface area (Å²) in [6.07, 6.45) is 0. The lowest BCUT2D eigenvalue weighted by molar-refractivity contribution is 0.725. The van der Waals surface area contributed by atoms with Crippen molar-refractivity contribution < 1.29 is 0 Å². The average Bonchev–Trinajstić information content (AvgIpc) is 2.59. The second-order valence-corrected chi connectivity index (χ2v) is 2.76. The molecule has 0 bridgehead atoms. The van der Waals surface area contributed by atoms with Crippen LogP contribution in [0.15, 0.2) is 24.3 Å². The molecule has 0 radical (unpaired) electrons. The van der Waals surface area contributed by atoms with Gasteiger partial charge in [0.25, 0.3) is 0 Å². The van der Waals surface area contributed by atoms with Crippen LogP contribution in [0.5, 0.6) is 0 Å². The van der Waals surface area contributed by atoms with Crippen LogP contribution in [-0.2, 0) is 6.54 Å². The Hall–Kier alpha value is -1.02. The van der Waals surface area contributed by atoms with E-state index >= 15 is 0 Å². The summed E-state index contributed by atoms with van der Waals surface area (Å²) in [6.45, 7) is 11.1. The molecule has 1 aliphatic heterocycles. The molecule has 0 spiro atoms. The van der Waals surface area contributed by atoms with Gasteiger partial charge in [0.05, 0.1) is 0 Å². The topological polar surface area (TPSA) is 24.1 Å². The van der Waals surface area contributed by atoms with E-state index in [4.69, 9.17) is 0 Å². The number of para-hydroxylation sites is 1. The summed E-state index contributed by atoms with van der Waals surface area (Å²) in [5.41, 5.74) is 2.64. The molecule has 2 heteroatoms. The van der Waals surface area contributed by atoms with Gasteiger partial charge >= 0.3 is 0 Å². The van der Waals surface area contributed by atoms with Gasteiger partial charge in [-0.25, -0.2) is 0 Å². The van der Waals surface area contributed by atoms with Gasteiger partial charge in [0.15, 0.2) is 0 Å². The van der Waals surface area contributed by atoms with Crippen LogP contribution in [0.2, 0.25) is 0 Å². The van der Waals surface area contributed by atoms with Crippen LogP contribution in [0.25, 0.3) is 0 Å². The highest BCUT2D eigenvalue weighted by molar-refractivity contribution is 5.51. The first kappa shape index (κ1) is 14.0. The standard InChI is InChI=1S/C9H12N2.2C2H6/c1-2-4-9-8(3-1)7-10-5-6-11-9;2*1-2/h1-4,10-11H,5-7H2;2*1-2H3. The molecule has 0 aliphatic carbocycles. The highest BCUT2D eigenvalue weighted by Crippen LogP contribution is 2.15. The first-order chi connectivity index (χ1) is 7.47. The molecule has 1 aromatic carbocycles. The summed E-state index contributed by atoms with van der Waals surface area (Å²) in [6, 6.07) is 8.42. The molecule has 0 saturated heterocycles. The van der Waals surface area contributed by atoms with Gasteiger partial charge in [0.1, 0.15) is 0 Å². The van der Waals surface area contributed by atoms with E-state index in [0.717, 1.165) is 19.6 Å². The number of hydrogen-bond acceptors (Lipinski definition) is 2. The minimum absolute atomic E-state index is 0.989. The zero-order valence-electron chi connectivity index (χ0n) is 10.4. The van der Waals surface area contributed by atoms with Crippen molar-refractivity contribution in [3.63, 3.8) is 0 Å². The Bertz CT molecular complexity index is 221. The molecule has 1 aromatic rings. The van der Waals surface area contributed by atoms with Gasteiger partial charge in [-0.1, -0.05) is 45.9 Å². The lowest BCUT2D eigenvalue weighted by atomic mass is 10.2. The van der Waals surface area contributed by atoms with Gasteiger partial charge in [-0.15, -0.1) is 0 Å². The fraction of sp³-hybridized carbons (Fsp3) is 0.538. The highest BCUT2D eigenvalue weighted by atomic mass is 15.0. The van der Waals surface area contributed by atoms with Crippen LogP contribution in [0.3, 0.4) is 0 Å².